The molecule has 4 heterocycles. The molecular weight excluding hydrogens is 461 g/mol. The van der Waals surface area contributed by atoms with Crippen LogP contribution in [0.2, 0.25) is 0 Å². The molecule has 5 nitrogen and oxygen atoms in total. The third kappa shape index (κ3) is 4.58. The molecule has 0 saturated carbocycles. The minimum Gasteiger partial charge on any atom is -0.497 e. The molecule has 0 spiro atoms. The molecule has 3 aromatic heterocycles. The Hall–Kier alpha value is -3.17. The summed E-state index contributed by atoms with van der Waals surface area (Å²) in [6.07, 6.45) is -2.86. The monoisotopic (exact) mass is 484 g/mol. The molecular formula is C25H23F3N4OS. The van der Waals surface area contributed by atoms with E-state index < -0.39 is 11.9 Å². The van der Waals surface area contributed by atoms with Gasteiger partial charge in [-0.3, -0.25) is 4.90 Å². The second kappa shape index (κ2) is 9.23. The summed E-state index contributed by atoms with van der Waals surface area (Å²) >= 11 is 1.49. The smallest absolute Gasteiger partial charge is 0.433 e. The maximum absolute atomic E-state index is 13.4. The number of pyridine rings is 2. The van der Waals surface area contributed by atoms with Crippen molar-refractivity contribution < 1.29 is 17.9 Å². The highest BCUT2D eigenvalue weighted by molar-refractivity contribution is 7.08. The normalized spacial score (nSPS) is 15.1. The van der Waals surface area contributed by atoms with Gasteiger partial charge in [0.15, 0.2) is 0 Å². The van der Waals surface area contributed by atoms with Gasteiger partial charge in [-0.15, -0.1) is 0 Å². The predicted molar refractivity (Wildman–Crippen MR) is 128 cm³/mol. The van der Waals surface area contributed by atoms with Gasteiger partial charge in [0.05, 0.1) is 12.6 Å². The first-order valence-electron chi connectivity index (χ1n) is 10.9. The first-order valence-corrected chi connectivity index (χ1v) is 11.9. The molecule has 0 bridgehead atoms. The van der Waals surface area contributed by atoms with Crippen molar-refractivity contribution in [2.24, 2.45) is 0 Å². The zero-order valence-electron chi connectivity index (χ0n) is 18.5. The molecule has 9 heteroatoms. The van der Waals surface area contributed by atoms with Crippen molar-refractivity contribution in [1.82, 2.24) is 14.9 Å². The Balaban J connectivity index is 1.41. The van der Waals surface area contributed by atoms with Gasteiger partial charge < -0.3 is 9.64 Å². The molecule has 0 unspecified atom stereocenters. The van der Waals surface area contributed by atoms with E-state index in [1.807, 2.05) is 35.0 Å². The van der Waals surface area contributed by atoms with E-state index in [1.165, 1.54) is 23.0 Å². The van der Waals surface area contributed by atoms with Crippen molar-refractivity contribution in [3.05, 3.63) is 70.7 Å². The molecule has 0 radical (unpaired) electrons. The van der Waals surface area contributed by atoms with E-state index in [9.17, 15) is 13.2 Å². The quantitative estimate of drug-likeness (QED) is 0.363. The SMILES string of the molecule is COc1cccc(CN2CCN(c3ncc(-c4ccsc4)c4nc(C(F)(F)F)ccc34)CC2)c1. The number of fused-ring (bicyclic) bond motifs is 1. The summed E-state index contributed by atoms with van der Waals surface area (Å²) in [5.74, 6) is 1.51. The van der Waals surface area contributed by atoms with Gasteiger partial charge in [-0.2, -0.15) is 24.5 Å². The molecule has 1 aromatic carbocycles. The first kappa shape index (κ1) is 22.6. The highest BCUT2D eigenvalue weighted by atomic mass is 32.1. The van der Waals surface area contributed by atoms with E-state index in [0.29, 0.717) is 22.3 Å². The molecule has 176 valence electrons. The van der Waals surface area contributed by atoms with Crippen LogP contribution < -0.4 is 9.64 Å². The summed E-state index contributed by atoms with van der Waals surface area (Å²) in [5.41, 5.74) is 2.06. The molecule has 1 aliphatic heterocycles. The van der Waals surface area contributed by atoms with Crippen LogP contribution in [-0.2, 0) is 12.7 Å². The number of hydrogen-bond donors (Lipinski definition) is 0. The number of hydrogen-bond acceptors (Lipinski definition) is 6. The summed E-state index contributed by atoms with van der Waals surface area (Å²) in [6.45, 7) is 3.91. The van der Waals surface area contributed by atoms with Crippen LogP contribution in [0.15, 0.2) is 59.4 Å². The van der Waals surface area contributed by atoms with Crippen LogP contribution in [0.3, 0.4) is 0 Å². The highest BCUT2D eigenvalue weighted by Gasteiger charge is 2.33. The lowest BCUT2D eigenvalue weighted by atomic mass is 10.1. The van der Waals surface area contributed by atoms with Crippen LogP contribution in [0.5, 0.6) is 5.75 Å². The fourth-order valence-electron chi connectivity index (χ4n) is 4.29. The lowest BCUT2D eigenvalue weighted by Gasteiger charge is -2.36. The van der Waals surface area contributed by atoms with Crippen LogP contribution in [0.4, 0.5) is 19.0 Å². The first-order chi connectivity index (χ1) is 16.4. The maximum Gasteiger partial charge on any atom is 0.433 e. The van der Waals surface area contributed by atoms with E-state index >= 15 is 0 Å². The molecule has 0 amide bonds. The van der Waals surface area contributed by atoms with Crippen LogP contribution in [0, 0.1) is 0 Å². The number of alkyl halides is 3. The average Bonchev–Trinajstić information content (AvgIpc) is 3.38. The van der Waals surface area contributed by atoms with Gasteiger partial charge in [0.1, 0.15) is 17.3 Å². The van der Waals surface area contributed by atoms with Gasteiger partial charge in [-0.05, 0) is 52.2 Å². The van der Waals surface area contributed by atoms with Crippen LogP contribution in [-0.4, -0.2) is 48.2 Å². The van der Waals surface area contributed by atoms with Crippen molar-refractivity contribution in [1.29, 1.82) is 0 Å². The molecule has 1 aliphatic rings. The largest absolute Gasteiger partial charge is 0.497 e. The van der Waals surface area contributed by atoms with E-state index in [4.69, 9.17) is 4.74 Å². The van der Waals surface area contributed by atoms with Gasteiger partial charge in [-0.1, -0.05) is 12.1 Å². The zero-order chi connectivity index (χ0) is 23.7. The van der Waals surface area contributed by atoms with Crippen LogP contribution in [0.1, 0.15) is 11.3 Å². The van der Waals surface area contributed by atoms with Crippen molar-refractivity contribution in [2.45, 2.75) is 12.7 Å². The Bertz CT molecular complexity index is 1290. The molecule has 0 atom stereocenters. The Morgan fingerprint density at radius 1 is 1.06 bits per heavy atom. The fourth-order valence-corrected chi connectivity index (χ4v) is 4.94. The van der Waals surface area contributed by atoms with Crippen molar-refractivity contribution >= 4 is 28.1 Å². The lowest BCUT2D eigenvalue weighted by molar-refractivity contribution is -0.140. The second-order valence-electron chi connectivity index (χ2n) is 8.21. The summed E-state index contributed by atoms with van der Waals surface area (Å²) in [7, 11) is 1.66. The van der Waals surface area contributed by atoms with Gasteiger partial charge in [0.25, 0.3) is 0 Å². The minimum atomic E-state index is -4.50. The van der Waals surface area contributed by atoms with E-state index in [0.717, 1.165) is 50.1 Å². The Labute approximate surface area is 199 Å². The Morgan fingerprint density at radius 2 is 1.88 bits per heavy atom. The predicted octanol–water partition coefficient (Wildman–Crippen LogP) is 5.71. The van der Waals surface area contributed by atoms with Crippen molar-refractivity contribution in [3.8, 4) is 16.9 Å². The highest BCUT2D eigenvalue weighted by Crippen LogP contribution is 2.36. The summed E-state index contributed by atoms with van der Waals surface area (Å²) in [5, 5.41) is 4.43. The number of halogens is 3. The summed E-state index contributed by atoms with van der Waals surface area (Å²) < 4.78 is 45.6. The number of anilines is 1. The minimum absolute atomic E-state index is 0.331. The number of ether oxygens (including phenoxy) is 1. The zero-order valence-corrected chi connectivity index (χ0v) is 19.4. The van der Waals surface area contributed by atoms with E-state index in [-0.39, 0.29) is 0 Å². The number of methoxy groups -OCH3 is 1. The van der Waals surface area contributed by atoms with Gasteiger partial charge >= 0.3 is 6.18 Å². The van der Waals surface area contributed by atoms with Crippen LogP contribution >= 0.6 is 11.3 Å². The number of rotatable bonds is 5. The second-order valence-corrected chi connectivity index (χ2v) is 8.99. The molecule has 0 N–H and O–H groups in total. The standard InChI is InChI=1S/C25H23F3N4OS/c1-33-19-4-2-3-17(13-19)15-31-8-10-32(11-9-31)24-20-5-6-22(25(26,27)28)30-23(20)21(14-29-24)18-7-12-34-16-18/h2-7,12-14,16H,8-11,15H2,1H3. The van der Waals surface area contributed by atoms with Gasteiger partial charge in [0.2, 0.25) is 0 Å². The topological polar surface area (TPSA) is 41.5 Å². The number of thiophene rings is 1. The molecule has 34 heavy (non-hydrogen) atoms. The number of nitrogens with zero attached hydrogens (tertiary/aromatic N) is 4. The maximum atomic E-state index is 13.4. The lowest BCUT2D eigenvalue weighted by Crippen LogP contribution is -2.46. The van der Waals surface area contributed by atoms with E-state index in [2.05, 4.69) is 25.8 Å². The number of piperazine rings is 1. The molecule has 1 saturated heterocycles. The van der Waals surface area contributed by atoms with Crippen molar-refractivity contribution in [3.63, 3.8) is 0 Å². The molecule has 5 rings (SSSR count). The number of aromatic nitrogens is 2. The molecule has 1 fully saturated rings. The Morgan fingerprint density at radius 3 is 2.59 bits per heavy atom. The summed E-state index contributed by atoms with van der Waals surface area (Å²) in [6, 6.07) is 12.5. The third-order valence-electron chi connectivity index (χ3n) is 6.04. The van der Waals surface area contributed by atoms with Gasteiger partial charge in [-0.25, -0.2) is 9.97 Å². The summed E-state index contributed by atoms with van der Waals surface area (Å²) in [4.78, 5) is 13.2. The average molecular weight is 485 g/mol. The number of benzene rings is 1. The van der Waals surface area contributed by atoms with Crippen LogP contribution in [0.25, 0.3) is 22.0 Å². The molecule has 4 aromatic rings. The van der Waals surface area contributed by atoms with Crippen molar-refractivity contribution in [2.75, 3.05) is 38.2 Å². The fraction of sp³-hybridized carbons (Fsp3) is 0.280. The molecule has 0 aliphatic carbocycles. The Kier molecular flexibility index (Phi) is 6.14. The third-order valence-corrected chi connectivity index (χ3v) is 6.73. The van der Waals surface area contributed by atoms with E-state index in [1.54, 1.807) is 13.3 Å². The van der Waals surface area contributed by atoms with Gasteiger partial charge in [0, 0.05) is 49.9 Å².